The number of anilines is 1. The maximum atomic E-state index is 12.1. The fourth-order valence-electron chi connectivity index (χ4n) is 2.43. The van der Waals surface area contributed by atoms with Crippen molar-refractivity contribution in [1.29, 1.82) is 0 Å². The molecular weight excluding hydrogens is 248 g/mol. The van der Waals surface area contributed by atoms with E-state index >= 15 is 0 Å². The van der Waals surface area contributed by atoms with E-state index in [1.165, 1.54) is 17.1 Å². The van der Waals surface area contributed by atoms with Gasteiger partial charge in [0.25, 0.3) is 0 Å². The Morgan fingerprint density at radius 2 is 2.26 bits per heavy atom. The summed E-state index contributed by atoms with van der Waals surface area (Å²) in [5.41, 5.74) is 0.512. The Bertz CT molecular complexity index is 485. The quantitative estimate of drug-likeness (QED) is 0.861. The van der Waals surface area contributed by atoms with Gasteiger partial charge in [-0.2, -0.15) is 5.10 Å². The van der Waals surface area contributed by atoms with Crippen molar-refractivity contribution in [1.82, 2.24) is 14.7 Å². The number of hydrogen-bond acceptors (Lipinski definition) is 3. The van der Waals surface area contributed by atoms with Gasteiger partial charge in [-0.3, -0.25) is 9.48 Å². The molecule has 1 aromatic heterocycles. The highest BCUT2D eigenvalue weighted by atomic mass is 16.4. The third-order valence-electron chi connectivity index (χ3n) is 3.23. The molecule has 7 heteroatoms. The monoisotopic (exact) mass is 266 g/mol. The zero-order chi connectivity index (χ0) is 14.0. The van der Waals surface area contributed by atoms with Gasteiger partial charge in [0.1, 0.15) is 6.54 Å². The number of carboxylic acids is 1. The van der Waals surface area contributed by atoms with E-state index in [4.69, 9.17) is 5.11 Å². The Morgan fingerprint density at radius 3 is 2.84 bits per heavy atom. The molecule has 0 bridgehead atoms. The van der Waals surface area contributed by atoms with Gasteiger partial charge in [0, 0.05) is 18.8 Å². The van der Waals surface area contributed by atoms with Crippen LogP contribution in [0.1, 0.15) is 20.3 Å². The van der Waals surface area contributed by atoms with Gasteiger partial charge < -0.3 is 15.3 Å². The van der Waals surface area contributed by atoms with Gasteiger partial charge in [-0.25, -0.2) is 4.79 Å². The van der Waals surface area contributed by atoms with Crippen molar-refractivity contribution in [2.45, 2.75) is 32.9 Å². The third-order valence-corrected chi connectivity index (χ3v) is 3.23. The molecule has 0 radical (unpaired) electrons. The molecule has 1 aliphatic rings. The number of likely N-dealkylation sites (tertiary alicyclic amines) is 1. The minimum Gasteiger partial charge on any atom is -0.480 e. The molecular formula is C12H18N4O3. The van der Waals surface area contributed by atoms with Gasteiger partial charge in [-0.15, -0.1) is 0 Å². The SMILES string of the molecule is CC1CC(C)N(C(=O)Nc2cnn(CC(=O)O)c2)C1. The molecule has 2 rings (SSSR count). The van der Waals surface area contributed by atoms with Crippen LogP contribution in [0.25, 0.3) is 0 Å². The van der Waals surface area contributed by atoms with Crippen LogP contribution in [0.4, 0.5) is 10.5 Å². The minimum absolute atomic E-state index is 0.160. The first kappa shape index (κ1) is 13.4. The van der Waals surface area contributed by atoms with Crippen LogP contribution in [0.3, 0.4) is 0 Å². The lowest BCUT2D eigenvalue weighted by Crippen LogP contribution is -2.37. The fraction of sp³-hybridized carbons (Fsp3) is 0.583. The Kier molecular flexibility index (Phi) is 3.73. The maximum absolute atomic E-state index is 12.1. The van der Waals surface area contributed by atoms with Crippen LogP contribution in [0.15, 0.2) is 12.4 Å². The molecule has 1 saturated heterocycles. The highest BCUT2D eigenvalue weighted by Gasteiger charge is 2.29. The minimum atomic E-state index is -0.969. The van der Waals surface area contributed by atoms with Gasteiger partial charge in [-0.1, -0.05) is 6.92 Å². The number of carboxylic acid groups (broad SMARTS) is 1. The normalized spacial score (nSPS) is 22.5. The Balaban J connectivity index is 1.95. The van der Waals surface area contributed by atoms with E-state index in [2.05, 4.69) is 17.3 Å². The predicted molar refractivity (Wildman–Crippen MR) is 68.8 cm³/mol. The first-order chi connectivity index (χ1) is 8.95. The number of carbonyl (C=O) groups excluding carboxylic acids is 1. The molecule has 104 valence electrons. The van der Waals surface area contributed by atoms with Crippen molar-refractivity contribution in [2.75, 3.05) is 11.9 Å². The van der Waals surface area contributed by atoms with Crippen LogP contribution in [-0.4, -0.2) is 44.4 Å². The number of urea groups is 1. The highest BCUT2D eigenvalue weighted by molar-refractivity contribution is 5.89. The summed E-state index contributed by atoms with van der Waals surface area (Å²) in [4.78, 5) is 24.4. The van der Waals surface area contributed by atoms with Crippen LogP contribution in [-0.2, 0) is 11.3 Å². The Morgan fingerprint density at radius 1 is 1.53 bits per heavy atom. The van der Waals surface area contributed by atoms with Gasteiger partial charge in [-0.05, 0) is 19.3 Å². The first-order valence-corrected chi connectivity index (χ1v) is 6.27. The fourth-order valence-corrected chi connectivity index (χ4v) is 2.43. The molecule has 1 aromatic rings. The second kappa shape index (κ2) is 5.29. The molecule has 0 aromatic carbocycles. The zero-order valence-electron chi connectivity index (χ0n) is 11.0. The van der Waals surface area contributed by atoms with E-state index in [9.17, 15) is 9.59 Å². The second-order valence-electron chi connectivity index (χ2n) is 5.09. The number of aromatic nitrogens is 2. The summed E-state index contributed by atoms with van der Waals surface area (Å²) in [6.45, 7) is 4.68. The van der Waals surface area contributed by atoms with E-state index in [1.807, 2.05) is 6.92 Å². The number of rotatable bonds is 3. The third kappa shape index (κ3) is 3.24. The molecule has 0 aliphatic carbocycles. The van der Waals surface area contributed by atoms with Gasteiger partial charge in [0.15, 0.2) is 0 Å². The summed E-state index contributed by atoms with van der Waals surface area (Å²) in [5.74, 6) is -0.460. The van der Waals surface area contributed by atoms with Crippen molar-refractivity contribution in [3.63, 3.8) is 0 Å². The maximum Gasteiger partial charge on any atom is 0.325 e. The number of amides is 2. The standard InChI is InChI=1S/C12H18N4O3/c1-8-3-9(2)16(5-8)12(19)14-10-4-13-15(6-10)7-11(17)18/h4,6,8-9H,3,5,7H2,1-2H3,(H,14,19)(H,17,18). The van der Waals surface area contributed by atoms with Crippen molar-refractivity contribution in [2.24, 2.45) is 5.92 Å². The topological polar surface area (TPSA) is 87.5 Å². The van der Waals surface area contributed by atoms with E-state index in [0.29, 0.717) is 11.6 Å². The summed E-state index contributed by atoms with van der Waals surface area (Å²) in [7, 11) is 0. The van der Waals surface area contributed by atoms with Crippen molar-refractivity contribution < 1.29 is 14.7 Å². The number of aliphatic carboxylic acids is 1. The van der Waals surface area contributed by atoms with Gasteiger partial charge in [0.05, 0.1) is 11.9 Å². The Labute approximate surface area is 111 Å². The molecule has 0 saturated carbocycles. The number of nitrogens with zero attached hydrogens (tertiary/aromatic N) is 3. The molecule has 2 unspecified atom stereocenters. The van der Waals surface area contributed by atoms with E-state index in [-0.39, 0.29) is 18.6 Å². The van der Waals surface area contributed by atoms with Crippen molar-refractivity contribution >= 4 is 17.7 Å². The molecule has 1 aliphatic heterocycles. The molecule has 7 nitrogen and oxygen atoms in total. The van der Waals surface area contributed by atoms with Crippen molar-refractivity contribution in [3.05, 3.63) is 12.4 Å². The summed E-state index contributed by atoms with van der Waals surface area (Å²) >= 11 is 0. The molecule has 2 heterocycles. The van der Waals surface area contributed by atoms with E-state index in [0.717, 1.165) is 13.0 Å². The molecule has 2 atom stereocenters. The summed E-state index contributed by atoms with van der Waals surface area (Å²) in [5, 5.41) is 15.2. The van der Waals surface area contributed by atoms with E-state index < -0.39 is 5.97 Å². The highest BCUT2D eigenvalue weighted by Crippen LogP contribution is 2.23. The molecule has 2 N–H and O–H groups in total. The predicted octanol–water partition coefficient (Wildman–Crippen LogP) is 1.23. The first-order valence-electron chi connectivity index (χ1n) is 6.27. The largest absolute Gasteiger partial charge is 0.480 e. The average molecular weight is 266 g/mol. The lowest BCUT2D eigenvalue weighted by molar-refractivity contribution is -0.137. The van der Waals surface area contributed by atoms with Crippen LogP contribution in [0.2, 0.25) is 0 Å². The van der Waals surface area contributed by atoms with Gasteiger partial charge in [0.2, 0.25) is 0 Å². The van der Waals surface area contributed by atoms with Crippen LogP contribution in [0, 0.1) is 5.92 Å². The number of nitrogens with one attached hydrogen (secondary N) is 1. The summed E-state index contributed by atoms with van der Waals surface area (Å²) in [6.07, 6.45) is 3.97. The van der Waals surface area contributed by atoms with Crippen LogP contribution < -0.4 is 5.32 Å². The van der Waals surface area contributed by atoms with Crippen molar-refractivity contribution in [3.8, 4) is 0 Å². The molecule has 0 spiro atoms. The summed E-state index contributed by atoms with van der Waals surface area (Å²) < 4.78 is 1.27. The lowest BCUT2D eigenvalue weighted by Gasteiger charge is -2.21. The Hall–Kier alpha value is -2.05. The second-order valence-corrected chi connectivity index (χ2v) is 5.09. The molecule has 1 fully saturated rings. The van der Waals surface area contributed by atoms with Gasteiger partial charge >= 0.3 is 12.0 Å². The smallest absolute Gasteiger partial charge is 0.325 e. The van der Waals surface area contributed by atoms with Crippen LogP contribution >= 0.6 is 0 Å². The average Bonchev–Trinajstić information content (AvgIpc) is 2.84. The molecule has 19 heavy (non-hydrogen) atoms. The van der Waals surface area contributed by atoms with E-state index in [1.54, 1.807) is 4.90 Å². The zero-order valence-corrected chi connectivity index (χ0v) is 11.0. The summed E-state index contributed by atoms with van der Waals surface area (Å²) in [6, 6.07) is 0.0655. The number of carbonyl (C=O) groups is 2. The lowest BCUT2D eigenvalue weighted by atomic mass is 10.1. The molecule has 2 amide bonds. The number of hydrogen-bond donors (Lipinski definition) is 2. The van der Waals surface area contributed by atoms with Crippen LogP contribution in [0.5, 0.6) is 0 Å².